The maximum Gasteiger partial charge on any atom is 0.509 e. The van der Waals surface area contributed by atoms with Gasteiger partial charge >= 0.3 is 18.2 Å². The highest BCUT2D eigenvalue weighted by atomic mass is 16.8. The molecule has 5 rings (SSSR count). The van der Waals surface area contributed by atoms with Crippen LogP contribution in [0, 0.1) is 23.7 Å². The number of aromatic nitrogens is 1. The Bertz CT molecular complexity index is 1910. The topological polar surface area (TPSA) is 205 Å². The molecule has 2 aromatic rings. The summed E-state index contributed by atoms with van der Waals surface area (Å²) in [6, 6.07) is 9.30. The monoisotopic (exact) mass is 824 g/mol. The van der Waals surface area contributed by atoms with E-state index in [1.807, 2.05) is 62.3 Å². The lowest BCUT2D eigenvalue weighted by Crippen LogP contribution is -2.60. The van der Waals surface area contributed by atoms with E-state index in [1.54, 1.807) is 53.8 Å². The molecule has 0 saturated carbocycles. The van der Waals surface area contributed by atoms with Crippen molar-refractivity contribution < 1.29 is 57.9 Å². The number of alkyl carbamates (subject to hydrolysis) is 1. The second-order valence-electron chi connectivity index (χ2n) is 16.8. The van der Waals surface area contributed by atoms with Crippen molar-refractivity contribution in [3.05, 3.63) is 48.2 Å². The molecule has 1 amide bonds. The number of para-hydroxylation sites is 1. The van der Waals surface area contributed by atoms with Crippen LogP contribution in [0.4, 0.5) is 9.59 Å². The minimum atomic E-state index is -1.73. The van der Waals surface area contributed by atoms with Crippen molar-refractivity contribution in [2.24, 2.45) is 28.8 Å². The zero-order chi connectivity index (χ0) is 43.4. The summed E-state index contributed by atoms with van der Waals surface area (Å²) < 4.78 is 36.4. The van der Waals surface area contributed by atoms with Gasteiger partial charge in [0, 0.05) is 41.9 Å². The minimum Gasteiger partial charge on any atom is -0.457 e. The summed E-state index contributed by atoms with van der Waals surface area (Å²) in [4.78, 5) is 61.2. The third kappa shape index (κ3) is 9.88. The van der Waals surface area contributed by atoms with E-state index >= 15 is 0 Å². The van der Waals surface area contributed by atoms with Crippen LogP contribution in [0.1, 0.15) is 80.2 Å². The van der Waals surface area contributed by atoms with Gasteiger partial charge in [0.1, 0.15) is 29.8 Å². The van der Waals surface area contributed by atoms with Gasteiger partial charge in [0.15, 0.2) is 23.8 Å². The Labute approximate surface area is 345 Å². The van der Waals surface area contributed by atoms with Crippen molar-refractivity contribution in [1.29, 1.82) is 0 Å². The predicted molar refractivity (Wildman–Crippen MR) is 216 cm³/mol. The van der Waals surface area contributed by atoms with Gasteiger partial charge in [-0.1, -0.05) is 63.2 Å². The molecule has 0 aliphatic carbocycles. The van der Waals surface area contributed by atoms with Crippen molar-refractivity contribution in [2.75, 3.05) is 20.6 Å². The van der Waals surface area contributed by atoms with Crippen LogP contribution in [0.5, 0.6) is 0 Å². The highest BCUT2D eigenvalue weighted by Gasteiger charge is 2.59. The first-order valence-corrected chi connectivity index (χ1v) is 20.3. The van der Waals surface area contributed by atoms with Gasteiger partial charge < -0.3 is 49.0 Å². The third-order valence-electron chi connectivity index (χ3n) is 12.1. The molecule has 13 atom stereocenters. The molecule has 324 valence electrons. The standard InChI is InChI=1S/C43H60N4O12/c1-11-32-43(8)37(57-41(52)59-43)25(4)33(46-53)23(2)21-42(7,58-40(51)44-18-14-15-28-20-29-16-12-13-17-30(29)45-22-28)36(26(5)34(48)27(6)38(50)55-32)56-39-35(49)31(47(9)10)19-24(3)54-39/h12-17,20,22-27,31-32,35-37,39,49,53H,11,18-19,21H2,1-10H3,(H,44,51)/b15-14-,46-33+/t23-,24-,25+,26+,27-,31+,32-,35-,36-,37-,39+,42+,43-/m1/s1. The maximum atomic E-state index is 14.5. The number of likely N-dealkylation sites (N-methyl/N-ethyl adjacent to an activating group) is 1. The summed E-state index contributed by atoms with van der Waals surface area (Å²) in [6.07, 6.45) is -2.29. The van der Waals surface area contributed by atoms with Crippen LogP contribution in [0.2, 0.25) is 0 Å². The van der Waals surface area contributed by atoms with Gasteiger partial charge in [-0.2, -0.15) is 0 Å². The lowest BCUT2D eigenvalue weighted by atomic mass is 9.74. The number of benzene rings is 1. The van der Waals surface area contributed by atoms with E-state index in [9.17, 15) is 29.5 Å². The number of oxime groups is 1. The van der Waals surface area contributed by atoms with Crippen LogP contribution in [0.3, 0.4) is 0 Å². The number of aliphatic hydroxyl groups is 1. The van der Waals surface area contributed by atoms with Crippen molar-refractivity contribution in [3.8, 4) is 0 Å². The molecule has 3 fully saturated rings. The summed E-state index contributed by atoms with van der Waals surface area (Å²) in [6.45, 7) is 13.2. The lowest BCUT2D eigenvalue weighted by molar-refractivity contribution is -0.292. The number of ether oxygens (including phenoxy) is 6. The first kappa shape index (κ1) is 45.4. The molecule has 1 aromatic heterocycles. The van der Waals surface area contributed by atoms with E-state index in [4.69, 9.17) is 28.4 Å². The number of nitrogens with zero attached hydrogens (tertiary/aromatic N) is 3. The van der Waals surface area contributed by atoms with Crippen LogP contribution in [0.15, 0.2) is 47.8 Å². The molecule has 3 aliphatic heterocycles. The van der Waals surface area contributed by atoms with Gasteiger partial charge in [-0.15, -0.1) is 0 Å². The number of aliphatic hydroxyl groups excluding tert-OH is 1. The zero-order valence-electron chi connectivity index (χ0n) is 35.6. The van der Waals surface area contributed by atoms with Crippen LogP contribution in [0.25, 0.3) is 17.0 Å². The smallest absolute Gasteiger partial charge is 0.457 e. The number of fused-ring (bicyclic) bond motifs is 2. The van der Waals surface area contributed by atoms with E-state index in [0.29, 0.717) is 6.42 Å². The number of ketones is 1. The average molecular weight is 825 g/mol. The molecule has 3 aliphatic rings. The predicted octanol–water partition coefficient (Wildman–Crippen LogP) is 5.51. The quantitative estimate of drug-likeness (QED) is 0.0988. The maximum absolute atomic E-state index is 14.5. The third-order valence-corrected chi connectivity index (χ3v) is 12.1. The number of esters is 1. The second kappa shape index (κ2) is 18.7. The fraction of sp³-hybridized carbons (Fsp3) is 0.628. The summed E-state index contributed by atoms with van der Waals surface area (Å²) in [5.41, 5.74) is -1.43. The fourth-order valence-electron chi connectivity index (χ4n) is 8.91. The molecular formula is C43H60N4O12. The number of amides is 1. The summed E-state index contributed by atoms with van der Waals surface area (Å²) >= 11 is 0. The number of rotatable bonds is 8. The second-order valence-corrected chi connectivity index (χ2v) is 16.8. The molecule has 0 unspecified atom stereocenters. The summed E-state index contributed by atoms with van der Waals surface area (Å²) in [5.74, 6) is -5.53. The Hall–Kier alpha value is -4.64. The summed E-state index contributed by atoms with van der Waals surface area (Å²) in [5, 5.41) is 29.5. The largest absolute Gasteiger partial charge is 0.509 e. The molecule has 59 heavy (non-hydrogen) atoms. The highest BCUT2D eigenvalue weighted by Crippen LogP contribution is 2.42. The lowest BCUT2D eigenvalue weighted by Gasteiger charge is -2.47. The first-order valence-electron chi connectivity index (χ1n) is 20.3. The van der Waals surface area contributed by atoms with Crippen LogP contribution in [-0.4, -0.2) is 125 Å². The molecule has 16 nitrogen and oxygen atoms in total. The molecule has 1 aromatic carbocycles. The van der Waals surface area contributed by atoms with Gasteiger partial charge in [-0.25, -0.2) is 9.59 Å². The number of pyridine rings is 1. The number of hydrogen-bond acceptors (Lipinski definition) is 15. The van der Waals surface area contributed by atoms with E-state index in [0.717, 1.165) is 16.5 Å². The zero-order valence-corrected chi connectivity index (χ0v) is 35.6. The van der Waals surface area contributed by atoms with Gasteiger partial charge in [0.2, 0.25) is 0 Å². The molecule has 4 heterocycles. The van der Waals surface area contributed by atoms with Crippen molar-refractivity contribution in [3.63, 3.8) is 0 Å². The van der Waals surface area contributed by atoms with E-state index < -0.39 is 89.6 Å². The summed E-state index contributed by atoms with van der Waals surface area (Å²) in [7, 11) is 3.65. The number of cyclic esters (lactones) is 1. The van der Waals surface area contributed by atoms with Crippen LogP contribution >= 0.6 is 0 Å². The Morgan fingerprint density at radius 1 is 1.08 bits per heavy atom. The normalized spacial score (nSPS) is 36.8. The number of nitrogens with one attached hydrogen (secondary N) is 1. The Balaban J connectivity index is 1.53. The Morgan fingerprint density at radius 3 is 2.47 bits per heavy atom. The molecular weight excluding hydrogens is 764 g/mol. The number of carbonyl (C=O) groups excluding carboxylic acids is 4. The Morgan fingerprint density at radius 2 is 1.80 bits per heavy atom. The van der Waals surface area contributed by atoms with E-state index in [2.05, 4.69) is 15.5 Å². The van der Waals surface area contributed by atoms with Crippen molar-refractivity contribution in [1.82, 2.24) is 15.2 Å². The fourth-order valence-corrected chi connectivity index (χ4v) is 8.91. The average Bonchev–Trinajstić information content (AvgIpc) is 3.51. The molecule has 0 radical (unpaired) electrons. The Kier molecular flexibility index (Phi) is 14.4. The number of carbonyl (C=O) groups is 4. The highest BCUT2D eigenvalue weighted by molar-refractivity contribution is 6.00. The van der Waals surface area contributed by atoms with Gasteiger partial charge in [-0.3, -0.25) is 14.6 Å². The number of Topliss-reactive ketones (excluding diaryl/α,β-unsaturated/α-hetero) is 1. The first-order chi connectivity index (χ1) is 27.8. The molecule has 0 bridgehead atoms. The molecule has 0 spiro atoms. The van der Waals surface area contributed by atoms with Gasteiger partial charge in [0.05, 0.1) is 17.3 Å². The van der Waals surface area contributed by atoms with Gasteiger partial charge in [0.25, 0.3) is 0 Å². The van der Waals surface area contributed by atoms with Crippen LogP contribution < -0.4 is 5.32 Å². The van der Waals surface area contributed by atoms with E-state index in [1.165, 1.54) is 6.92 Å². The van der Waals surface area contributed by atoms with Crippen LogP contribution in [-0.2, 0) is 38.0 Å². The van der Waals surface area contributed by atoms with E-state index in [-0.39, 0.29) is 37.2 Å². The number of hydrogen-bond donors (Lipinski definition) is 3. The molecule has 3 N–H and O–H groups in total. The van der Waals surface area contributed by atoms with Crippen molar-refractivity contribution in [2.45, 2.75) is 129 Å². The molecule has 16 heteroatoms. The minimum absolute atomic E-state index is 0.0528. The van der Waals surface area contributed by atoms with Gasteiger partial charge in [-0.05, 0) is 78.7 Å². The van der Waals surface area contributed by atoms with Crippen molar-refractivity contribution >= 4 is 46.7 Å². The SMILES string of the molecule is CC[C@H]1OC(=O)[C@H](C)C(=O)[C@H](C)[C@@H](O[C@@H]2O[C@H](C)C[C@H](N(C)C)[C@H]2O)[C@@](C)(OC(=O)NC/C=C\c2cnc3ccccc3c2)C[C@@H](C)/C(=N\O)[C@H](C)[C@H]2OC(=O)O[C@@]21C. The molecule has 3 saturated heterocycles.